The summed E-state index contributed by atoms with van der Waals surface area (Å²) >= 11 is 0. The van der Waals surface area contributed by atoms with Crippen molar-refractivity contribution < 1.29 is 13.2 Å². The molecule has 5 rings (SSSR count). The normalized spacial score (nSPS) is 18.3. The molecule has 0 spiro atoms. The quantitative estimate of drug-likeness (QED) is 0.333. The molecular weight excluding hydrogens is 471 g/mol. The van der Waals surface area contributed by atoms with E-state index in [1.807, 2.05) is 36.7 Å². The maximum atomic E-state index is 12.8. The number of nitrogens with zero attached hydrogens (tertiary/aromatic N) is 6. The number of rotatable bonds is 7. The smallest absolute Gasteiger partial charge is 0.382 e. The van der Waals surface area contributed by atoms with Gasteiger partial charge in [0.2, 0.25) is 0 Å². The lowest BCUT2D eigenvalue weighted by atomic mass is 10.1. The van der Waals surface area contributed by atoms with E-state index in [0.29, 0.717) is 22.9 Å². The number of nitrogens with one attached hydrogen (secondary N) is 2. The van der Waals surface area contributed by atoms with E-state index >= 15 is 0 Å². The van der Waals surface area contributed by atoms with Gasteiger partial charge in [-0.15, -0.1) is 0 Å². The van der Waals surface area contributed by atoms with E-state index in [1.165, 1.54) is 6.20 Å². The predicted octanol–water partition coefficient (Wildman–Crippen LogP) is 4.87. The molecule has 190 valence electrons. The minimum absolute atomic E-state index is 0.123. The minimum atomic E-state index is -4.35. The number of nitrogens with two attached hydrogens (primary N) is 1. The van der Waals surface area contributed by atoms with Gasteiger partial charge in [0.05, 0.1) is 11.9 Å². The predicted molar refractivity (Wildman–Crippen MR) is 132 cm³/mol. The van der Waals surface area contributed by atoms with Crippen LogP contribution in [0.15, 0.2) is 42.9 Å². The second kappa shape index (κ2) is 9.41. The largest absolute Gasteiger partial charge is 0.408 e. The molecule has 0 aliphatic heterocycles. The monoisotopic (exact) mass is 499 g/mol. The molecule has 36 heavy (non-hydrogen) atoms. The molecule has 0 unspecified atom stereocenters. The highest BCUT2D eigenvalue weighted by molar-refractivity contribution is 5.80. The van der Waals surface area contributed by atoms with Crippen LogP contribution in [0.2, 0.25) is 0 Å². The number of halogens is 3. The second-order valence-electron chi connectivity index (χ2n) is 9.46. The Bertz CT molecular complexity index is 1360. The van der Waals surface area contributed by atoms with Gasteiger partial charge in [0.25, 0.3) is 0 Å². The Morgan fingerprint density at radius 2 is 1.97 bits per heavy atom. The lowest BCUT2D eigenvalue weighted by molar-refractivity contribution is -0.142. The molecule has 1 saturated carbocycles. The van der Waals surface area contributed by atoms with Gasteiger partial charge < -0.3 is 16.4 Å². The standard InChI is InChI=1S/C24H28F3N9/c1-14(2)36-23-15(11-30-36)3-6-21(33-23)32-22-10-20(31-17-5-4-16(28)9-17)18(12-29-22)19-7-8-35(34-19)13-24(25,26)27/h3,6-8,10-12,14,16-17H,4-5,9,13,28H2,1-2H3,(H2,29,31,32,33)/t16-,17-/m1/s1. The molecule has 4 aromatic rings. The van der Waals surface area contributed by atoms with E-state index < -0.39 is 12.7 Å². The summed E-state index contributed by atoms with van der Waals surface area (Å²) in [6.45, 7) is 2.93. The molecule has 9 nitrogen and oxygen atoms in total. The fraction of sp³-hybridized carbons (Fsp3) is 0.417. The Morgan fingerprint density at radius 3 is 2.69 bits per heavy atom. The second-order valence-corrected chi connectivity index (χ2v) is 9.46. The molecule has 1 aliphatic rings. The van der Waals surface area contributed by atoms with E-state index in [9.17, 15) is 13.2 Å². The van der Waals surface area contributed by atoms with Crippen LogP contribution in [0.4, 0.5) is 30.5 Å². The Morgan fingerprint density at radius 1 is 1.14 bits per heavy atom. The highest BCUT2D eigenvalue weighted by atomic mass is 19.4. The molecule has 0 aromatic carbocycles. The Labute approximate surface area is 205 Å². The third kappa shape index (κ3) is 5.27. The third-order valence-corrected chi connectivity index (χ3v) is 6.18. The van der Waals surface area contributed by atoms with Crippen molar-refractivity contribution in [2.75, 3.05) is 10.6 Å². The van der Waals surface area contributed by atoms with Gasteiger partial charge >= 0.3 is 6.18 Å². The van der Waals surface area contributed by atoms with E-state index in [1.54, 1.807) is 18.5 Å². The highest BCUT2D eigenvalue weighted by Crippen LogP contribution is 2.32. The van der Waals surface area contributed by atoms with Crippen LogP contribution in [0.25, 0.3) is 22.3 Å². The summed E-state index contributed by atoms with van der Waals surface area (Å²) in [4.78, 5) is 9.20. The molecule has 1 fully saturated rings. The van der Waals surface area contributed by atoms with Gasteiger partial charge in [-0.3, -0.25) is 4.68 Å². The molecule has 2 atom stereocenters. The van der Waals surface area contributed by atoms with Crippen molar-refractivity contribution in [1.29, 1.82) is 0 Å². The Balaban J connectivity index is 1.45. The summed E-state index contributed by atoms with van der Waals surface area (Å²) in [6.07, 6.45) is 2.99. The Hall–Kier alpha value is -3.67. The van der Waals surface area contributed by atoms with Crippen molar-refractivity contribution in [1.82, 2.24) is 29.5 Å². The van der Waals surface area contributed by atoms with Crippen LogP contribution >= 0.6 is 0 Å². The number of aromatic nitrogens is 6. The van der Waals surface area contributed by atoms with Crippen LogP contribution < -0.4 is 16.4 Å². The van der Waals surface area contributed by atoms with Gasteiger partial charge in [-0.05, 0) is 51.3 Å². The van der Waals surface area contributed by atoms with Gasteiger partial charge in [0, 0.05) is 53.2 Å². The topological polar surface area (TPSA) is 112 Å². The number of hydrogen-bond donors (Lipinski definition) is 3. The number of alkyl halides is 3. The van der Waals surface area contributed by atoms with Crippen LogP contribution in [0.3, 0.4) is 0 Å². The fourth-order valence-electron chi connectivity index (χ4n) is 4.49. The van der Waals surface area contributed by atoms with E-state index in [2.05, 4.69) is 25.8 Å². The van der Waals surface area contributed by atoms with Gasteiger partial charge in [-0.2, -0.15) is 23.4 Å². The minimum Gasteiger partial charge on any atom is -0.382 e. The molecule has 0 radical (unpaired) electrons. The van der Waals surface area contributed by atoms with Crippen molar-refractivity contribution in [3.05, 3.63) is 42.9 Å². The maximum absolute atomic E-state index is 12.8. The first kappa shape index (κ1) is 24.0. The highest BCUT2D eigenvalue weighted by Gasteiger charge is 2.29. The van der Waals surface area contributed by atoms with Crippen LogP contribution in [-0.4, -0.2) is 47.8 Å². The molecule has 4 heterocycles. The summed E-state index contributed by atoms with van der Waals surface area (Å²) in [7, 11) is 0. The number of fused-ring (bicyclic) bond motifs is 1. The Kier molecular flexibility index (Phi) is 6.29. The van der Waals surface area contributed by atoms with Crippen LogP contribution in [0, 0.1) is 0 Å². The number of pyridine rings is 2. The molecule has 0 bridgehead atoms. The molecule has 4 N–H and O–H groups in total. The van der Waals surface area contributed by atoms with Crippen molar-refractivity contribution in [3.8, 4) is 11.3 Å². The van der Waals surface area contributed by atoms with E-state index in [4.69, 9.17) is 10.7 Å². The first-order valence-electron chi connectivity index (χ1n) is 11.9. The molecule has 1 aliphatic carbocycles. The molecule has 0 amide bonds. The zero-order valence-corrected chi connectivity index (χ0v) is 20.0. The average Bonchev–Trinajstić information content (AvgIpc) is 3.53. The average molecular weight is 500 g/mol. The molecule has 4 aromatic heterocycles. The van der Waals surface area contributed by atoms with Gasteiger partial charge in [0.15, 0.2) is 5.65 Å². The number of anilines is 3. The van der Waals surface area contributed by atoms with Crippen LogP contribution in [0.5, 0.6) is 0 Å². The summed E-state index contributed by atoms with van der Waals surface area (Å²) in [6, 6.07) is 7.62. The van der Waals surface area contributed by atoms with Crippen molar-refractivity contribution in [2.45, 2.75) is 64.0 Å². The van der Waals surface area contributed by atoms with Crippen molar-refractivity contribution in [2.24, 2.45) is 5.73 Å². The maximum Gasteiger partial charge on any atom is 0.408 e. The summed E-state index contributed by atoms with van der Waals surface area (Å²) in [5.74, 6) is 1.15. The van der Waals surface area contributed by atoms with Crippen molar-refractivity contribution in [3.63, 3.8) is 0 Å². The zero-order valence-electron chi connectivity index (χ0n) is 20.0. The summed E-state index contributed by atoms with van der Waals surface area (Å²) in [5, 5.41) is 16.2. The molecule has 12 heteroatoms. The lowest BCUT2D eigenvalue weighted by Crippen LogP contribution is -2.21. The molecular formula is C24H28F3N9. The van der Waals surface area contributed by atoms with Crippen LogP contribution in [0.1, 0.15) is 39.2 Å². The van der Waals surface area contributed by atoms with Crippen LogP contribution in [-0.2, 0) is 6.54 Å². The van der Waals surface area contributed by atoms with E-state index in [-0.39, 0.29) is 18.1 Å². The van der Waals surface area contributed by atoms with Gasteiger partial charge in [-0.25, -0.2) is 14.6 Å². The lowest BCUT2D eigenvalue weighted by Gasteiger charge is -2.18. The first-order valence-corrected chi connectivity index (χ1v) is 11.9. The first-order chi connectivity index (χ1) is 17.1. The summed E-state index contributed by atoms with van der Waals surface area (Å²) in [5.41, 5.74) is 8.59. The SMILES string of the molecule is CC(C)n1ncc2ccc(Nc3cc(N[C@@H]4CC[C@@H](N)C4)c(-c4ccn(CC(F)(F)F)n4)cn3)nc21. The number of hydrogen-bond acceptors (Lipinski definition) is 7. The zero-order chi connectivity index (χ0) is 25.4. The third-order valence-electron chi connectivity index (χ3n) is 6.18. The fourth-order valence-corrected chi connectivity index (χ4v) is 4.49. The van der Waals surface area contributed by atoms with Gasteiger partial charge in [-0.1, -0.05) is 0 Å². The van der Waals surface area contributed by atoms with Crippen molar-refractivity contribution >= 4 is 28.4 Å². The summed E-state index contributed by atoms with van der Waals surface area (Å²) < 4.78 is 41.2. The molecule has 0 saturated heterocycles. The van der Waals surface area contributed by atoms with Gasteiger partial charge in [0.1, 0.15) is 18.2 Å². The van der Waals surface area contributed by atoms with E-state index in [0.717, 1.165) is 40.7 Å².